The van der Waals surface area contributed by atoms with Gasteiger partial charge in [-0.1, -0.05) is 13.8 Å². The zero-order valence-electron chi connectivity index (χ0n) is 11.9. The topological polar surface area (TPSA) is 92.5 Å². The molecule has 0 saturated carbocycles. The van der Waals surface area contributed by atoms with E-state index in [1.165, 1.54) is 15.6 Å². The average Bonchev–Trinajstić information content (AvgIpc) is 2.86. The molecular weight excluding hydrogens is 298 g/mol. The number of sulfonamides is 1. The van der Waals surface area contributed by atoms with Crippen molar-refractivity contribution in [3.05, 3.63) is 17.0 Å². The molecule has 114 valence electrons. The number of nitrogens with zero attached hydrogens (tertiary/aromatic N) is 1. The van der Waals surface area contributed by atoms with Crippen LogP contribution in [0.1, 0.15) is 25.6 Å². The van der Waals surface area contributed by atoms with E-state index in [2.05, 4.69) is 5.32 Å². The predicted octanol–water partition coefficient (Wildman–Crippen LogP) is 0.742. The first-order valence-electron chi connectivity index (χ1n) is 6.45. The third-order valence-electron chi connectivity index (χ3n) is 2.79. The van der Waals surface area contributed by atoms with Crippen molar-refractivity contribution in [3.8, 4) is 0 Å². The summed E-state index contributed by atoms with van der Waals surface area (Å²) >= 11 is 1.17. The predicted molar refractivity (Wildman–Crippen MR) is 79.9 cm³/mol. The third kappa shape index (κ3) is 4.02. The van der Waals surface area contributed by atoms with Gasteiger partial charge in [-0.25, -0.2) is 8.42 Å². The fourth-order valence-electron chi connectivity index (χ4n) is 1.62. The highest BCUT2D eigenvalue weighted by Gasteiger charge is 2.23. The number of nitrogens with two attached hydrogens (primary N) is 1. The fourth-order valence-corrected chi connectivity index (χ4v) is 4.53. The number of carbonyl (C=O) groups excluding carboxylic acids is 1. The van der Waals surface area contributed by atoms with Crippen molar-refractivity contribution in [2.24, 2.45) is 5.73 Å². The van der Waals surface area contributed by atoms with Crippen molar-refractivity contribution >= 4 is 27.3 Å². The van der Waals surface area contributed by atoms with Gasteiger partial charge < -0.3 is 11.1 Å². The van der Waals surface area contributed by atoms with Crippen LogP contribution in [0.25, 0.3) is 0 Å². The van der Waals surface area contributed by atoms with Crippen LogP contribution in [0.2, 0.25) is 0 Å². The molecule has 0 aromatic carbocycles. The number of carbonyl (C=O) groups is 1. The Balaban J connectivity index is 2.79. The molecule has 8 heteroatoms. The Bertz CT molecular complexity index is 548. The minimum absolute atomic E-state index is 0.258. The smallest absolute Gasteiger partial charge is 0.252 e. The molecule has 6 nitrogen and oxygen atoms in total. The van der Waals surface area contributed by atoms with Gasteiger partial charge in [0.2, 0.25) is 5.91 Å². The molecule has 0 aliphatic heterocycles. The molecule has 1 aromatic heterocycles. The van der Waals surface area contributed by atoms with Gasteiger partial charge >= 0.3 is 0 Å². The minimum atomic E-state index is -3.42. The Kier molecular flexibility index (Phi) is 6.12. The largest absolute Gasteiger partial charge is 0.350 e. The summed E-state index contributed by atoms with van der Waals surface area (Å²) in [6.07, 6.45) is 0. The van der Waals surface area contributed by atoms with Gasteiger partial charge in [0.05, 0.1) is 12.6 Å². The van der Waals surface area contributed by atoms with Crippen molar-refractivity contribution in [2.75, 3.05) is 13.1 Å². The van der Waals surface area contributed by atoms with E-state index in [1.54, 1.807) is 32.9 Å². The maximum absolute atomic E-state index is 12.3. The van der Waals surface area contributed by atoms with E-state index in [4.69, 9.17) is 5.73 Å². The highest BCUT2D eigenvalue weighted by molar-refractivity contribution is 7.91. The summed E-state index contributed by atoms with van der Waals surface area (Å²) in [6, 6.07) is 2.71. The molecule has 3 N–H and O–H groups in total. The zero-order valence-corrected chi connectivity index (χ0v) is 13.6. The molecule has 1 heterocycles. The van der Waals surface area contributed by atoms with E-state index in [1.807, 2.05) is 0 Å². The Hall–Kier alpha value is -0.960. The number of rotatable bonds is 7. The lowest BCUT2D eigenvalue weighted by atomic mass is 10.3. The van der Waals surface area contributed by atoms with Crippen molar-refractivity contribution in [1.82, 2.24) is 9.62 Å². The quantitative estimate of drug-likeness (QED) is 0.775. The van der Waals surface area contributed by atoms with E-state index in [0.717, 1.165) is 4.88 Å². The van der Waals surface area contributed by atoms with Gasteiger partial charge in [-0.3, -0.25) is 4.79 Å². The Morgan fingerprint density at radius 3 is 2.50 bits per heavy atom. The maximum atomic E-state index is 12.3. The summed E-state index contributed by atoms with van der Waals surface area (Å²) in [4.78, 5) is 12.1. The van der Waals surface area contributed by atoms with Crippen LogP contribution in [0.4, 0.5) is 0 Å². The molecule has 1 rings (SSSR count). The van der Waals surface area contributed by atoms with Gasteiger partial charge in [-0.2, -0.15) is 4.31 Å². The second kappa shape index (κ2) is 7.16. The van der Waals surface area contributed by atoms with Crippen LogP contribution in [0, 0.1) is 0 Å². The fraction of sp³-hybridized carbons (Fsp3) is 0.583. The monoisotopic (exact) mass is 319 g/mol. The van der Waals surface area contributed by atoms with Gasteiger partial charge in [0.1, 0.15) is 4.21 Å². The second-order valence-corrected chi connectivity index (χ2v) is 7.65. The summed E-state index contributed by atoms with van der Waals surface area (Å²) < 4.78 is 26.3. The highest BCUT2D eigenvalue weighted by Crippen LogP contribution is 2.24. The van der Waals surface area contributed by atoms with Crippen LogP contribution < -0.4 is 11.1 Å². The van der Waals surface area contributed by atoms with Gasteiger partial charge in [0, 0.05) is 18.0 Å². The molecule has 0 unspecified atom stereocenters. The summed E-state index contributed by atoms with van der Waals surface area (Å²) in [6.45, 7) is 6.37. The normalized spacial score (nSPS) is 13.4. The summed E-state index contributed by atoms with van der Waals surface area (Å²) in [7, 11) is -3.42. The van der Waals surface area contributed by atoms with Crippen LogP contribution in [0.5, 0.6) is 0 Å². The first-order valence-corrected chi connectivity index (χ1v) is 8.70. The maximum Gasteiger partial charge on any atom is 0.252 e. The highest BCUT2D eigenvalue weighted by atomic mass is 32.2. The van der Waals surface area contributed by atoms with Gasteiger partial charge in [0.15, 0.2) is 0 Å². The zero-order chi connectivity index (χ0) is 15.3. The van der Waals surface area contributed by atoms with Crippen LogP contribution in [-0.2, 0) is 21.4 Å². The number of hydrogen-bond acceptors (Lipinski definition) is 5. The lowest BCUT2D eigenvalue weighted by Crippen LogP contribution is -2.37. The van der Waals surface area contributed by atoms with Crippen LogP contribution in [-0.4, -0.2) is 37.8 Å². The van der Waals surface area contributed by atoms with Crippen LogP contribution in [0.15, 0.2) is 16.3 Å². The van der Waals surface area contributed by atoms with Crippen molar-refractivity contribution in [3.63, 3.8) is 0 Å². The molecule has 0 saturated heterocycles. The molecule has 0 aliphatic rings. The number of hydrogen-bond donors (Lipinski definition) is 2. The number of amides is 1. The van der Waals surface area contributed by atoms with Crippen molar-refractivity contribution in [2.45, 2.75) is 37.6 Å². The van der Waals surface area contributed by atoms with Crippen LogP contribution in [0.3, 0.4) is 0 Å². The minimum Gasteiger partial charge on any atom is -0.350 e. The molecule has 0 aliphatic carbocycles. The first-order chi connectivity index (χ1) is 9.32. The molecule has 0 bridgehead atoms. The first kappa shape index (κ1) is 17.1. The van der Waals surface area contributed by atoms with E-state index in [-0.39, 0.29) is 5.91 Å². The van der Waals surface area contributed by atoms with Gasteiger partial charge in [0.25, 0.3) is 10.0 Å². The summed E-state index contributed by atoms with van der Waals surface area (Å²) in [5.74, 6) is -0.258. The number of nitrogens with one attached hydrogen (secondary N) is 1. The third-order valence-corrected chi connectivity index (χ3v) is 6.39. The molecule has 20 heavy (non-hydrogen) atoms. The van der Waals surface area contributed by atoms with Crippen molar-refractivity contribution < 1.29 is 13.2 Å². The molecule has 0 spiro atoms. The van der Waals surface area contributed by atoms with Crippen molar-refractivity contribution in [1.29, 1.82) is 0 Å². The van der Waals surface area contributed by atoms with E-state index >= 15 is 0 Å². The Labute approximate surface area is 124 Å². The van der Waals surface area contributed by atoms with E-state index in [0.29, 0.717) is 23.8 Å². The lowest BCUT2D eigenvalue weighted by Gasteiger charge is -2.16. The standard InChI is InChI=1S/C12H21N3O3S2/c1-4-15(5-2)20(17,18)11-7-6-10(19-11)8-14-12(16)9(3)13/h6-7,9H,4-5,8,13H2,1-3H3,(H,14,16)/t9-/m1/s1. The molecule has 1 atom stereocenters. The summed E-state index contributed by atoms with van der Waals surface area (Å²) in [5, 5.41) is 2.66. The Morgan fingerprint density at radius 1 is 1.40 bits per heavy atom. The SMILES string of the molecule is CCN(CC)S(=O)(=O)c1ccc(CNC(=O)[C@@H](C)N)s1. The Morgan fingerprint density at radius 2 is 2.00 bits per heavy atom. The molecular formula is C12H21N3O3S2. The summed E-state index contributed by atoms with van der Waals surface area (Å²) in [5.41, 5.74) is 5.44. The molecule has 0 fully saturated rings. The van der Waals surface area contributed by atoms with Gasteiger partial charge in [-0.15, -0.1) is 11.3 Å². The lowest BCUT2D eigenvalue weighted by molar-refractivity contribution is -0.122. The molecule has 0 radical (unpaired) electrons. The van der Waals surface area contributed by atoms with Crippen LogP contribution >= 0.6 is 11.3 Å². The van der Waals surface area contributed by atoms with E-state index < -0.39 is 16.1 Å². The number of thiophene rings is 1. The molecule has 1 amide bonds. The van der Waals surface area contributed by atoms with Gasteiger partial charge in [-0.05, 0) is 19.1 Å². The van der Waals surface area contributed by atoms with E-state index in [9.17, 15) is 13.2 Å². The second-order valence-electron chi connectivity index (χ2n) is 4.32. The average molecular weight is 319 g/mol. The molecule has 1 aromatic rings.